The molecule has 25 heavy (non-hydrogen) atoms. The van der Waals surface area contributed by atoms with Crippen molar-refractivity contribution >= 4 is 22.0 Å². The lowest BCUT2D eigenvalue weighted by atomic mass is 10.2. The summed E-state index contributed by atoms with van der Waals surface area (Å²) in [5.74, 6) is 1.07. The van der Waals surface area contributed by atoms with Gasteiger partial charge in [0.2, 0.25) is 22.7 Å². The number of hydrogen-bond donors (Lipinski definition) is 2. The van der Waals surface area contributed by atoms with E-state index in [-0.39, 0.29) is 24.1 Å². The molecule has 0 atom stereocenters. The van der Waals surface area contributed by atoms with Gasteiger partial charge in [-0.15, -0.1) is 0 Å². The highest BCUT2D eigenvalue weighted by Crippen LogP contribution is 2.32. The average Bonchev–Trinajstić information content (AvgIpc) is 3.05. The molecule has 0 aromatic heterocycles. The number of benzene rings is 2. The highest BCUT2D eigenvalue weighted by Gasteiger charge is 2.12. The summed E-state index contributed by atoms with van der Waals surface area (Å²) in [5, 5.41) is 7.75. The molecule has 0 saturated heterocycles. The van der Waals surface area contributed by atoms with Gasteiger partial charge in [-0.05, 0) is 41.5 Å². The molecule has 3 rings (SSSR count). The summed E-state index contributed by atoms with van der Waals surface area (Å²) in [4.78, 5) is 11.9. The minimum Gasteiger partial charge on any atom is -0.454 e. The molecular weight excluding hydrogens is 344 g/mol. The molecule has 1 amide bonds. The van der Waals surface area contributed by atoms with Gasteiger partial charge in [0.25, 0.3) is 0 Å². The Kier molecular flexibility index (Phi) is 4.73. The largest absolute Gasteiger partial charge is 0.454 e. The van der Waals surface area contributed by atoms with Crippen molar-refractivity contribution in [1.29, 1.82) is 0 Å². The maximum Gasteiger partial charge on any atom is 0.244 e. The fraction of sp³-hybridized carbons (Fsp3) is 0.118. The van der Waals surface area contributed by atoms with Crippen molar-refractivity contribution in [2.75, 3.05) is 6.79 Å². The van der Waals surface area contributed by atoms with Gasteiger partial charge in [0.15, 0.2) is 11.5 Å². The van der Waals surface area contributed by atoms with Crippen molar-refractivity contribution in [2.24, 2.45) is 5.14 Å². The maximum atomic E-state index is 11.9. The Bertz CT molecular complexity index is 921. The normalized spacial score (nSPS) is 13.2. The van der Waals surface area contributed by atoms with E-state index >= 15 is 0 Å². The molecule has 0 spiro atoms. The zero-order chi connectivity index (χ0) is 17.9. The fourth-order valence-electron chi connectivity index (χ4n) is 2.23. The Hall–Kier alpha value is -2.84. The number of ether oxygens (including phenoxy) is 2. The molecule has 130 valence electrons. The minimum atomic E-state index is -3.71. The van der Waals surface area contributed by atoms with Crippen LogP contribution in [0.4, 0.5) is 0 Å². The first-order chi connectivity index (χ1) is 11.9. The van der Waals surface area contributed by atoms with Gasteiger partial charge >= 0.3 is 0 Å². The third kappa shape index (κ3) is 4.37. The van der Waals surface area contributed by atoms with E-state index in [1.807, 2.05) is 6.07 Å². The molecule has 3 N–H and O–H groups in total. The molecule has 1 aliphatic heterocycles. The van der Waals surface area contributed by atoms with E-state index in [0.29, 0.717) is 11.5 Å². The average molecular weight is 360 g/mol. The van der Waals surface area contributed by atoms with Crippen LogP contribution in [0.2, 0.25) is 0 Å². The van der Waals surface area contributed by atoms with Crippen LogP contribution in [-0.2, 0) is 21.4 Å². The molecular formula is C17H16N2O5S. The first-order valence-electron chi connectivity index (χ1n) is 7.39. The lowest BCUT2D eigenvalue weighted by Crippen LogP contribution is -2.20. The molecule has 0 bridgehead atoms. The summed E-state index contributed by atoms with van der Waals surface area (Å²) in [6.45, 7) is 0.475. The predicted molar refractivity (Wildman–Crippen MR) is 91.3 cm³/mol. The third-order valence-electron chi connectivity index (χ3n) is 3.54. The number of nitrogens with one attached hydrogen (secondary N) is 1. The molecule has 2 aromatic rings. The minimum absolute atomic E-state index is 0.0327. The lowest BCUT2D eigenvalue weighted by molar-refractivity contribution is -0.116. The summed E-state index contributed by atoms with van der Waals surface area (Å²) < 4.78 is 32.9. The van der Waals surface area contributed by atoms with Crippen LogP contribution in [0.5, 0.6) is 11.5 Å². The summed E-state index contributed by atoms with van der Waals surface area (Å²) in [6.07, 6.45) is 3.08. The number of carbonyl (C=O) groups excluding carboxylic acids is 1. The Morgan fingerprint density at radius 3 is 2.56 bits per heavy atom. The van der Waals surface area contributed by atoms with Crippen LogP contribution in [0.3, 0.4) is 0 Å². The molecule has 1 aliphatic rings. The number of sulfonamides is 1. The van der Waals surface area contributed by atoms with Gasteiger partial charge in [-0.1, -0.05) is 18.2 Å². The van der Waals surface area contributed by atoms with Crippen molar-refractivity contribution in [2.45, 2.75) is 11.4 Å². The zero-order valence-corrected chi connectivity index (χ0v) is 14.0. The van der Waals surface area contributed by atoms with E-state index in [1.165, 1.54) is 18.2 Å². The van der Waals surface area contributed by atoms with Gasteiger partial charge in [-0.25, -0.2) is 13.6 Å². The second-order valence-corrected chi connectivity index (χ2v) is 6.91. The van der Waals surface area contributed by atoms with E-state index in [2.05, 4.69) is 5.32 Å². The Balaban J connectivity index is 1.56. The van der Waals surface area contributed by atoms with Crippen LogP contribution < -0.4 is 19.9 Å². The number of carbonyl (C=O) groups is 1. The summed E-state index contributed by atoms with van der Waals surface area (Å²) >= 11 is 0. The smallest absolute Gasteiger partial charge is 0.244 e. The zero-order valence-electron chi connectivity index (χ0n) is 13.1. The summed E-state index contributed by atoms with van der Waals surface area (Å²) in [6, 6.07) is 11.4. The van der Waals surface area contributed by atoms with Crippen LogP contribution in [0.1, 0.15) is 11.1 Å². The molecule has 8 heteroatoms. The first kappa shape index (κ1) is 17.0. The van der Waals surface area contributed by atoms with Crippen molar-refractivity contribution < 1.29 is 22.7 Å². The van der Waals surface area contributed by atoms with Crippen molar-refractivity contribution in [3.8, 4) is 11.5 Å². The first-order valence-corrected chi connectivity index (χ1v) is 8.94. The Morgan fingerprint density at radius 2 is 1.84 bits per heavy atom. The van der Waals surface area contributed by atoms with Gasteiger partial charge in [-0.3, -0.25) is 4.79 Å². The second-order valence-electron chi connectivity index (χ2n) is 5.35. The van der Waals surface area contributed by atoms with Crippen molar-refractivity contribution in [3.05, 3.63) is 59.7 Å². The second kappa shape index (κ2) is 6.96. The van der Waals surface area contributed by atoms with E-state index in [0.717, 1.165) is 11.1 Å². The number of fused-ring (bicyclic) bond motifs is 1. The Labute approximate surface area is 145 Å². The van der Waals surface area contributed by atoms with E-state index < -0.39 is 10.0 Å². The predicted octanol–water partition coefficient (Wildman–Crippen LogP) is 1.39. The SMILES string of the molecule is NS(=O)(=O)c1ccc(CNC(=O)/C=C\c2ccc3c(c2)OCO3)cc1. The van der Waals surface area contributed by atoms with E-state index in [1.54, 1.807) is 30.3 Å². The molecule has 0 aliphatic carbocycles. The van der Waals surface area contributed by atoms with Crippen LogP contribution in [0.15, 0.2) is 53.4 Å². The molecule has 7 nitrogen and oxygen atoms in total. The fourth-order valence-corrected chi connectivity index (χ4v) is 2.75. The highest BCUT2D eigenvalue weighted by molar-refractivity contribution is 7.89. The monoisotopic (exact) mass is 360 g/mol. The lowest BCUT2D eigenvalue weighted by Gasteiger charge is -2.04. The van der Waals surface area contributed by atoms with Crippen LogP contribution in [0.25, 0.3) is 6.08 Å². The molecule has 0 fully saturated rings. The van der Waals surface area contributed by atoms with Crippen molar-refractivity contribution in [1.82, 2.24) is 5.32 Å². The Morgan fingerprint density at radius 1 is 1.12 bits per heavy atom. The van der Waals surface area contributed by atoms with Gasteiger partial charge in [0.1, 0.15) is 0 Å². The highest BCUT2D eigenvalue weighted by atomic mass is 32.2. The number of primary sulfonamides is 1. The number of amides is 1. The van der Waals surface area contributed by atoms with E-state index in [9.17, 15) is 13.2 Å². The molecule has 0 saturated carbocycles. The van der Waals surface area contributed by atoms with Gasteiger partial charge in [0, 0.05) is 12.6 Å². The van der Waals surface area contributed by atoms with Crippen LogP contribution >= 0.6 is 0 Å². The summed E-state index contributed by atoms with van der Waals surface area (Å²) in [5.41, 5.74) is 1.58. The molecule has 0 radical (unpaired) electrons. The third-order valence-corrected chi connectivity index (χ3v) is 4.47. The number of rotatable bonds is 5. The van der Waals surface area contributed by atoms with Crippen LogP contribution in [-0.4, -0.2) is 21.1 Å². The quantitative estimate of drug-likeness (QED) is 0.784. The molecule has 0 unspecified atom stereocenters. The summed E-state index contributed by atoms with van der Waals surface area (Å²) in [7, 11) is -3.71. The number of hydrogen-bond acceptors (Lipinski definition) is 5. The van der Waals surface area contributed by atoms with Gasteiger partial charge in [-0.2, -0.15) is 0 Å². The molecule has 1 heterocycles. The van der Waals surface area contributed by atoms with E-state index in [4.69, 9.17) is 14.6 Å². The number of nitrogens with two attached hydrogens (primary N) is 1. The van der Waals surface area contributed by atoms with Crippen molar-refractivity contribution in [3.63, 3.8) is 0 Å². The van der Waals surface area contributed by atoms with Crippen LogP contribution in [0, 0.1) is 0 Å². The maximum absolute atomic E-state index is 11.9. The van der Waals surface area contributed by atoms with Gasteiger partial charge < -0.3 is 14.8 Å². The van der Waals surface area contributed by atoms with Gasteiger partial charge in [0.05, 0.1) is 4.90 Å². The molecule has 2 aromatic carbocycles. The topological polar surface area (TPSA) is 108 Å². The standard InChI is InChI=1S/C17H16N2O5S/c18-25(21,22)14-5-1-13(2-6-14)10-19-17(20)8-4-12-3-7-15-16(9-12)24-11-23-15/h1-9H,10-11H2,(H,19,20)(H2,18,21,22)/b8-4-.